The zero-order chi connectivity index (χ0) is 19.1. The third-order valence-electron chi connectivity index (χ3n) is 4.54. The number of nitrogens with one attached hydrogen (secondary N) is 2. The lowest BCUT2D eigenvalue weighted by atomic mass is 10.1. The molecule has 3 rings (SSSR count). The topological polar surface area (TPSA) is 67.8 Å². The minimum atomic E-state index is 0. The number of aryl methyl sites for hydroxylation is 1. The molecule has 0 radical (unpaired) electrons. The highest BCUT2D eigenvalue weighted by molar-refractivity contribution is 14.0. The molecule has 0 bridgehead atoms. The number of aliphatic imine (C=N–C) groups is 1. The molecule has 0 spiro atoms. The molecule has 1 fully saturated rings. The van der Waals surface area contributed by atoms with Crippen LogP contribution in [0.5, 0.6) is 11.6 Å². The van der Waals surface area contributed by atoms with Gasteiger partial charge in [-0.2, -0.15) is 0 Å². The molecule has 0 atom stereocenters. The number of hydrogen-bond acceptors (Lipinski definition) is 4. The molecule has 1 heterocycles. The van der Waals surface area contributed by atoms with Gasteiger partial charge in [0.1, 0.15) is 5.75 Å². The lowest BCUT2D eigenvalue weighted by molar-refractivity contribution is 0.288. The van der Waals surface area contributed by atoms with Gasteiger partial charge >= 0.3 is 0 Å². The smallest absolute Gasteiger partial charge is 0.213 e. The lowest BCUT2D eigenvalue weighted by Gasteiger charge is -2.14. The van der Waals surface area contributed by atoms with Gasteiger partial charge in [0.25, 0.3) is 0 Å². The van der Waals surface area contributed by atoms with Crippen molar-refractivity contribution < 1.29 is 9.47 Å². The van der Waals surface area contributed by atoms with Gasteiger partial charge in [0.05, 0.1) is 13.7 Å². The highest BCUT2D eigenvalue weighted by atomic mass is 127. The molecular formula is C21H29IN4O2. The molecule has 0 aliphatic heterocycles. The molecule has 0 unspecified atom stereocenters. The maximum absolute atomic E-state index is 5.75. The zero-order valence-corrected chi connectivity index (χ0v) is 19.0. The SMILES string of the molecule is CN=C(NCc1ccnc(OCC2CC2)c1)NCc1ccc(C)cc1OC.I. The molecule has 7 heteroatoms. The fourth-order valence-electron chi connectivity index (χ4n) is 2.71. The number of pyridine rings is 1. The fourth-order valence-corrected chi connectivity index (χ4v) is 2.71. The second-order valence-corrected chi connectivity index (χ2v) is 6.85. The first-order valence-corrected chi connectivity index (χ1v) is 9.33. The molecule has 1 aromatic carbocycles. The predicted octanol–water partition coefficient (Wildman–Crippen LogP) is 3.67. The normalized spacial score (nSPS) is 13.5. The van der Waals surface area contributed by atoms with Gasteiger partial charge in [0.2, 0.25) is 5.88 Å². The number of nitrogens with zero attached hydrogens (tertiary/aromatic N) is 2. The Labute approximate surface area is 184 Å². The van der Waals surface area contributed by atoms with Gasteiger partial charge in [0, 0.05) is 38.0 Å². The van der Waals surface area contributed by atoms with Crippen LogP contribution in [-0.2, 0) is 13.1 Å². The predicted molar refractivity (Wildman–Crippen MR) is 123 cm³/mol. The first-order valence-electron chi connectivity index (χ1n) is 9.33. The first kappa shape index (κ1) is 22.3. The molecule has 0 saturated heterocycles. The van der Waals surface area contributed by atoms with Gasteiger partial charge in [-0.05, 0) is 48.9 Å². The second-order valence-electron chi connectivity index (χ2n) is 6.85. The Bertz CT molecular complexity index is 794. The van der Waals surface area contributed by atoms with Crippen molar-refractivity contribution in [2.45, 2.75) is 32.9 Å². The summed E-state index contributed by atoms with van der Waals surface area (Å²) in [4.78, 5) is 8.57. The van der Waals surface area contributed by atoms with Crippen LogP contribution in [0.15, 0.2) is 41.5 Å². The van der Waals surface area contributed by atoms with E-state index < -0.39 is 0 Å². The Morgan fingerprint density at radius 3 is 2.68 bits per heavy atom. The van der Waals surface area contributed by atoms with E-state index in [0.717, 1.165) is 35.4 Å². The summed E-state index contributed by atoms with van der Waals surface area (Å²) >= 11 is 0. The number of rotatable bonds is 8. The maximum atomic E-state index is 5.75. The van der Waals surface area contributed by atoms with Crippen LogP contribution in [0.25, 0.3) is 0 Å². The summed E-state index contributed by atoms with van der Waals surface area (Å²) in [5, 5.41) is 6.65. The van der Waals surface area contributed by atoms with Crippen LogP contribution in [0.2, 0.25) is 0 Å². The Morgan fingerprint density at radius 1 is 1.18 bits per heavy atom. The number of ether oxygens (including phenoxy) is 2. The number of benzene rings is 1. The van der Waals surface area contributed by atoms with E-state index in [1.807, 2.05) is 18.2 Å². The molecule has 1 aliphatic rings. The third kappa shape index (κ3) is 6.85. The summed E-state index contributed by atoms with van der Waals surface area (Å²) in [6.45, 7) is 4.10. The summed E-state index contributed by atoms with van der Waals surface area (Å²) in [6, 6.07) is 10.1. The fraction of sp³-hybridized carbons (Fsp3) is 0.429. The van der Waals surface area contributed by atoms with Gasteiger partial charge in [-0.1, -0.05) is 12.1 Å². The average molecular weight is 496 g/mol. The van der Waals surface area contributed by atoms with Crippen LogP contribution >= 0.6 is 24.0 Å². The quantitative estimate of drug-likeness (QED) is 0.332. The highest BCUT2D eigenvalue weighted by Gasteiger charge is 2.22. The summed E-state index contributed by atoms with van der Waals surface area (Å²) in [6.07, 6.45) is 4.33. The monoisotopic (exact) mass is 496 g/mol. The highest BCUT2D eigenvalue weighted by Crippen LogP contribution is 2.29. The van der Waals surface area contributed by atoms with Gasteiger partial charge in [-0.15, -0.1) is 24.0 Å². The zero-order valence-electron chi connectivity index (χ0n) is 16.7. The summed E-state index contributed by atoms with van der Waals surface area (Å²) in [7, 11) is 3.45. The molecule has 28 heavy (non-hydrogen) atoms. The van der Waals surface area contributed by atoms with Crippen molar-refractivity contribution in [2.75, 3.05) is 20.8 Å². The molecule has 152 valence electrons. The Balaban J connectivity index is 0.00000280. The summed E-state index contributed by atoms with van der Waals surface area (Å²) < 4.78 is 11.2. The van der Waals surface area contributed by atoms with Crippen molar-refractivity contribution in [1.82, 2.24) is 15.6 Å². The largest absolute Gasteiger partial charge is 0.496 e. The van der Waals surface area contributed by atoms with Crippen molar-refractivity contribution in [1.29, 1.82) is 0 Å². The Hall–Kier alpha value is -2.03. The molecule has 2 aromatic rings. The number of methoxy groups -OCH3 is 1. The lowest BCUT2D eigenvalue weighted by Crippen LogP contribution is -2.36. The molecule has 2 N–H and O–H groups in total. The van der Waals surface area contributed by atoms with E-state index in [1.54, 1.807) is 20.4 Å². The van der Waals surface area contributed by atoms with Gasteiger partial charge in [-0.25, -0.2) is 4.98 Å². The Morgan fingerprint density at radius 2 is 1.96 bits per heavy atom. The molecule has 1 saturated carbocycles. The molecule has 1 aromatic heterocycles. The number of halogens is 1. The second kappa shape index (κ2) is 11.1. The van der Waals surface area contributed by atoms with Crippen molar-refractivity contribution in [2.24, 2.45) is 10.9 Å². The first-order chi connectivity index (χ1) is 13.2. The van der Waals surface area contributed by atoms with E-state index >= 15 is 0 Å². The standard InChI is InChI=1S/C21H28N4O2.HI/c1-15-4-7-18(19(10-15)26-3)13-25-21(22-2)24-12-17-8-9-23-20(11-17)27-14-16-5-6-16;/h4,7-11,16H,5-6,12-14H2,1-3H3,(H2,22,24,25);1H. The van der Waals surface area contributed by atoms with Crippen LogP contribution in [0, 0.1) is 12.8 Å². The molecular weight excluding hydrogens is 467 g/mol. The molecule has 1 aliphatic carbocycles. The minimum absolute atomic E-state index is 0. The van der Waals surface area contributed by atoms with E-state index in [4.69, 9.17) is 9.47 Å². The van der Waals surface area contributed by atoms with Crippen LogP contribution in [0.4, 0.5) is 0 Å². The van der Waals surface area contributed by atoms with Crippen LogP contribution < -0.4 is 20.1 Å². The molecule has 6 nitrogen and oxygen atoms in total. The van der Waals surface area contributed by atoms with Gasteiger partial charge in [-0.3, -0.25) is 4.99 Å². The van der Waals surface area contributed by atoms with Crippen molar-refractivity contribution >= 4 is 29.9 Å². The maximum Gasteiger partial charge on any atom is 0.213 e. The van der Waals surface area contributed by atoms with Gasteiger partial charge < -0.3 is 20.1 Å². The van der Waals surface area contributed by atoms with E-state index in [9.17, 15) is 0 Å². The average Bonchev–Trinajstić information content (AvgIpc) is 3.52. The summed E-state index contributed by atoms with van der Waals surface area (Å²) in [5.74, 6) is 3.02. The van der Waals surface area contributed by atoms with Crippen molar-refractivity contribution in [3.8, 4) is 11.6 Å². The van der Waals surface area contributed by atoms with Gasteiger partial charge in [0.15, 0.2) is 5.96 Å². The van der Waals surface area contributed by atoms with Crippen LogP contribution in [0.1, 0.15) is 29.5 Å². The van der Waals surface area contributed by atoms with Crippen LogP contribution in [0.3, 0.4) is 0 Å². The van der Waals surface area contributed by atoms with Crippen molar-refractivity contribution in [3.63, 3.8) is 0 Å². The number of hydrogen-bond donors (Lipinski definition) is 2. The summed E-state index contributed by atoms with van der Waals surface area (Å²) in [5.41, 5.74) is 3.37. The third-order valence-corrected chi connectivity index (χ3v) is 4.54. The van der Waals surface area contributed by atoms with E-state index in [-0.39, 0.29) is 24.0 Å². The van der Waals surface area contributed by atoms with Crippen LogP contribution in [-0.4, -0.2) is 31.7 Å². The number of guanidine groups is 1. The van der Waals surface area contributed by atoms with E-state index in [1.165, 1.54) is 18.4 Å². The van der Waals surface area contributed by atoms with E-state index in [2.05, 4.69) is 39.7 Å². The number of aromatic nitrogens is 1. The molecule has 0 amide bonds. The Kier molecular flexibility index (Phi) is 8.82. The minimum Gasteiger partial charge on any atom is -0.496 e. The van der Waals surface area contributed by atoms with E-state index in [0.29, 0.717) is 19.0 Å². The van der Waals surface area contributed by atoms with Crippen molar-refractivity contribution in [3.05, 3.63) is 53.2 Å².